The van der Waals surface area contributed by atoms with Gasteiger partial charge in [0.1, 0.15) is 5.41 Å². The van der Waals surface area contributed by atoms with Crippen LogP contribution in [-0.2, 0) is 10.2 Å². The number of ketones is 1. The predicted molar refractivity (Wildman–Crippen MR) is 54.2 cm³/mol. The predicted octanol–water partition coefficient (Wildman–Crippen LogP) is 1.72. The Bertz CT molecular complexity index is 468. The Morgan fingerprint density at radius 2 is 2.00 bits per heavy atom. The van der Waals surface area contributed by atoms with E-state index in [-0.39, 0.29) is 11.8 Å². The van der Waals surface area contributed by atoms with Crippen LogP contribution in [0.25, 0.3) is 0 Å². The molecular weight excluding hydrogens is 194 g/mol. The number of hydrogen-bond donors (Lipinski definition) is 1. The summed E-state index contributed by atoms with van der Waals surface area (Å²) in [6.07, 6.45) is 0. The summed E-state index contributed by atoms with van der Waals surface area (Å²) in [4.78, 5) is 25.8. The Hall–Kier alpha value is -1.58. The Kier molecular flexibility index (Phi) is 1.80. The highest BCUT2D eigenvalue weighted by molar-refractivity contribution is 5.98. The number of carbonyl (C=O) groups is 2. The quantitative estimate of drug-likeness (QED) is 0.563. The minimum absolute atomic E-state index is 0.0475. The molecule has 4 nitrogen and oxygen atoms in total. The van der Waals surface area contributed by atoms with Crippen LogP contribution in [0.4, 0.5) is 0 Å². The molecule has 2 heterocycles. The monoisotopic (exact) mass is 207 g/mol. The van der Waals surface area contributed by atoms with Gasteiger partial charge < -0.3 is 9.72 Å². The second kappa shape index (κ2) is 2.72. The molecule has 0 fully saturated rings. The highest BCUT2D eigenvalue weighted by Crippen LogP contribution is 2.42. The number of H-pyrrole nitrogens is 1. The maximum Gasteiger partial charge on any atom is 0.323 e. The molecule has 0 unspecified atom stereocenters. The normalized spacial score (nSPS) is 17.5. The molecule has 0 saturated carbocycles. The Balaban J connectivity index is 2.65. The van der Waals surface area contributed by atoms with Crippen molar-refractivity contribution in [2.24, 2.45) is 0 Å². The number of fused-ring (bicyclic) bond motifs is 1. The van der Waals surface area contributed by atoms with Crippen molar-refractivity contribution in [2.75, 3.05) is 0 Å². The largest absolute Gasteiger partial charge is 0.424 e. The zero-order chi connectivity index (χ0) is 11.4. The lowest BCUT2D eigenvalue weighted by molar-refractivity contribution is -0.137. The van der Waals surface area contributed by atoms with Gasteiger partial charge >= 0.3 is 5.97 Å². The van der Waals surface area contributed by atoms with Crippen LogP contribution in [-0.4, -0.2) is 16.7 Å². The average Bonchev–Trinajstić information content (AvgIpc) is 2.54. The molecule has 0 amide bonds. The van der Waals surface area contributed by atoms with Crippen molar-refractivity contribution in [1.82, 2.24) is 4.98 Å². The third-order valence-corrected chi connectivity index (χ3v) is 2.87. The fourth-order valence-electron chi connectivity index (χ4n) is 1.82. The third kappa shape index (κ3) is 1.14. The van der Waals surface area contributed by atoms with E-state index in [0.717, 1.165) is 5.56 Å². The number of esters is 1. The van der Waals surface area contributed by atoms with Crippen LogP contribution in [0.15, 0.2) is 0 Å². The number of aromatic nitrogens is 1. The maximum atomic E-state index is 11.5. The standard InChI is InChI=1S/C11H13NO3/c1-5-7(6(2)13)12-9-8(5)15-10(14)11(9,3)4/h12H,1-4H3. The molecule has 1 aromatic rings. The molecule has 0 atom stereocenters. The summed E-state index contributed by atoms with van der Waals surface area (Å²) in [5, 5.41) is 0. The second-order valence-corrected chi connectivity index (χ2v) is 4.40. The number of nitrogens with one attached hydrogen (secondary N) is 1. The highest BCUT2D eigenvalue weighted by Gasteiger charge is 2.44. The number of rotatable bonds is 1. The zero-order valence-electron chi connectivity index (χ0n) is 9.22. The maximum absolute atomic E-state index is 11.5. The fourth-order valence-corrected chi connectivity index (χ4v) is 1.82. The first-order valence-corrected chi connectivity index (χ1v) is 4.82. The molecule has 2 rings (SSSR count). The van der Waals surface area contributed by atoms with Crippen LogP contribution >= 0.6 is 0 Å². The Morgan fingerprint density at radius 1 is 1.40 bits per heavy atom. The smallest absolute Gasteiger partial charge is 0.323 e. The van der Waals surface area contributed by atoms with Crippen molar-refractivity contribution < 1.29 is 14.3 Å². The van der Waals surface area contributed by atoms with Crippen LogP contribution in [0.1, 0.15) is 42.5 Å². The molecule has 80 valence electrons. The van der Waals surface area contributed by atoms with E-state index in [1.54, 1.807) is 20.8 Å². The minimum Gasteiger partial charge on any atom is -0.424 e. The van der Waals surface area contributed by atoms with E-state index in [1.807, 2.05) is 0 Å². The SMILES string of the molecule is CC(=O)c1[nH]c2c(c1C)OC(=O)C2(C)C. The van der Waals surface area contributed by atoms with Gasteiger partial charge in [-0.05, 0) is 20.8 Å². The molecule has 0 aromatic carbocycles. The van der Waals surface area contributed by atoms with Crippen molar-refractivity contribution in [3.05, 3.63) is 17.0 Å². The molecule has 0 radical (unpaired) electrons. The molecule has 1 aromatic heterocycles. The number of Topliss-reactive ketones (excluding diaryl/α,β-unsaturated/α-hetero) is 1. The van der Waals surface area contributed by atoms with Crippen LogP contribution < -0.4 is 4.74 Å². The van der Waals surface area contributed by atoms with E-state index in [0.29, 0.717) is 17.1 Å². The first kappa shape index (κ1) is 9.96. The van der Waals surface area contributed by atoms with Gasteiger partial charge in [0.15, 0.2) is 11.5 Å². The van der Waals surface area contributed by atoms with E-state index < -0.39 is 5.41 Å². The van der Waals surface area contributed by atoms with E-state index in [4.69, 9.17) is 4.74 Å². The van der Waals surface area contributed by atoms with Gasteiger partial charge in [0.2, 0.25) is 0 Å². The summed E-state index contributed by atoms with van der Waals surface area (Å²) >= 11 is 0. The molecule has 1 N–H and O–H groups in total. The summed E-state index contributed by atoms with van der Waals surface area (Å²) in [6, 6.07) is 0. The zero-order valence-corrected chi connectivity index (χ0v) is 9.22. The summed E-state index contributed by atoms with van der Waals surface area (Å²) < 4.78 is 5.16. The van der Waals surface area contributed by atoms with Crippen molar-refractivity contribution in [3.63, 3.8) is 0 Å². The van der Waals surface area contributed by atoms with Gasteiger partial charge in [0.05, 0.1) is 11.4 Å². The van der Waals surface area contributed by atoms with E-state index in [2.05, 4.69) is 4.98 Å². The molecule has 0 bridgehead atoms. The molecule has 15 heavy (non-hydrogen) atoms. The summed E-state index contributed by atoms with van der Waals surface area (Å²) in [6.45, 7) is 6.83. The average molecular weight is 207 g/mol. The first-order valence-electron chi connectivity index (χ1n) is 4.82. The van der Waals surface area contributed by atoms with Crippen LogP contribution in [0.3, 0.4) is 0 Å². The molecule has 1 aliphatic heterocycles. The topological polar surface area (TPSA) is 59.2 Å². The van der Waals surface area contributed by atoms with Crippen molar-refractivity contribution in [2.45, 2.75) is 33.1 Å². The van der Waals surface area contributed by atoms with Gasteiger partial charge in [0.25, 0.3) is 0 Å². The Labute approximate surface area is 87.6 Å². The molecule has 0 spiro atoms. The first-order chi connectivity index (χ1) is 6.85. The lowest BCUT2D eigenvalue weighted by atomic mass is 9.91. The van der Waals surface area contributed by atoms with Gasteiger partial charge in [-0.2, -0.15) is 0 Å². The third-order valence-electron chi connectivity index (χ3n) is 2.87. The van der Waals surface area contributed by atoms with Gasteiger partial charge in [-0.1, -0.05) is 0 Å². The van der Waals surface area contributed by atoms with E-state index >= 15 is 0 Å². The highest BCUT2D eigenvalue weighted by atomic mass is 16.5. The molecule has 0 aliphatic carbocycles. The van der Waals surface area contributed by atoms with Crippen LogP contribution in [0.2, 0.25) is 0 Å². The number of aromatic amines is 1. The minimum atomic E-state index is -0.687. The van der Waals surface area contributed by atoms with Crippen LogP contribution in [0, 0.1) is 6.92 Å². The van der Waals surface area contributed by atoms with Crippen molar-refractivity contribution in [3.8, 4) is 5.75 Å². The molecule has 4 heteroatoms. The number of carbonyl (C=O) groups excluding carboxylic acids is 2. The second-order valence-electron chi connectivity index (χ2n) is 4.40. The van der Waals surface area contributed by atoms with Crippen LogP contribution in [0.5, 0.6) is 5.75 Å². The van der Waals surface area contributed by atoms with Gasteiger partial charge in [-0.25, -0.2) is 0 Å². The van der Waals surface area contributed by atoms with Crippen molar-refractivity contribution in [1.29, 1.82) is 0 Å². The van der Waals surface area contributed by atoms with Gasteiger partial charge in [-0.15, -0.1) is 0 Å². The Morgan fingerprint density at radius 3 is 2.47 bits per heavy atom. The number of ether oxygens (including phenoxy) is 1. The molecular formula is C11H13NO3. The van der Waals surface area contributed by atoms with E-state index in [9.17, 15) is 9.59 Å². The molecule has 0 saturated heterocycles. The number of hydrogen-bond acceptors (Lipinski definition) is 3. The lowest BCUT2D eigenvalue weighted by Crippen LogP contribution is -2.27. The van der Waals surface area contributed by atoms with Gasteiger partial charge in [-0.3, -0.25) is 9.59 Å². The summed E-state index contributed by atoms with van der Waals surface area (Å²) in [5.41, 5.74) is 1.26. The molecule has 1 aliphatic rings. The summed E-state index contributed by atoms with van der Waals surface area (Å²) in [5.74, 6) is 0.200. The van der Waals surface area contributed by atoms with E-state index in [1.165, 1.54) is 6.92 Å². The lowest BCUT2D eigenvalue weighted by Gasteiger charge is -2.11. The fraction of sp³-hybridized carbons (Fsp3) is 0.455. The van der Waals surface area contributed by atoms with Crippen molar-refractivity contribution >= 4 is 11.8 Å². The summed E-state index contributed by atoms with van der Waals surface area (Å²) in [7, 11) is 0. The van der Waals surface area contributed by atoms with Gasteiger partial charge in [0, 0.05) is 12.5 Å².